The lowest BCUT2D eigenvalue weighted by molar-refractivity contribution is 0.0750. The summed E-state index contributed by atoms with van der Waals surface area (Å²) in [4.78, 5) is 0. The summed E-state index contributed by atoms with van der Waals surface area (Å²) in [5.74, 6) is 1.14. The average molecular weight is 432 g/mol. The first-order valence-corrected chi connectivity index (χ1v) is 11.2. The molecule has 3 rings (SSSR count). The largest absolute Gasteiger partial charge is 0.380 e. The maximum atomic E-state index is 6.38. The molecule has 1 fully saturated rings. The van der Waals surface area contributed by atoms with Crippen LogP contribution in [0.3, 0.4) is 0 Å². The molecule has 4 heteroatoms. The molecule has 1 heterocycles. The summed E-state index contributed by atoms with van der Waals surface area (Å²) < 4.78 is 6.15. The predicted octanol–water partition coefficient (Wildman–Crippen LogP) is 7.05. The van der Waals surface area contributed by atoms with Crippen molar-refractivity contribution < 1.29 is 4.74 Å². The lowest BCUT2D eigenvalue weighted by atomic mass is 9.79. The van der Waals surface area contributed by atoms with E-state index in [9.17, 15) is 0 Å². The summed E-state index contributed by atoms with van der Waals surface area (Å²) in [7, 11) is 0. The highest BCUT2D eigenvalue weighted by atomic mass is 35.5. The van der Waals surface area contributed by atoms with Gasteiger partial charge >= 0.3 is 0 Å². The summed E-state index contributed by atoms with van der Waals surface area (Å²) in [5.41, 5.74) is 2.49. The zero-order valence-corrected chi connectivity index (χ0v) is 18.8. The van der Waals surface area contributed by atoms with Crippen LogP contribution in [0, 0.1) is 11.8 Å². The Hall–Kier alpha value is -1.32. The molecule has 4 atom stereocenters. The van der Waals surface area contributed by atoms with Gasteiger partial charge in [-0.2, -0.15) is 0 Å². The van der Waals surface area contributed by atoms with Crippen molar-refractivity contribution in [3.63, 3.8) is 0 Å². The van der Waals surface area contributed by atoms with Gasteiger partial charge in [-0.25, -0.2) is 0 Å². The van der Waals surface area contributed by atoms with Crippen LogP contribution >= 0.6 is 23.2 Å². The van der Waals surface area contributed by atoms with Gasteiger partial charge in [0.2, 0.25) is 0 Å². The molecule has 1 saturated heterocycles. The fourth-order valence-corrected chi connectivity index (χ4v) is 4.49. The van der Waals surface area contributed by atoms with E-state index in [4.69, 9.17) is 27.9 Å². The summed E-state index contributed by atoms with van der Waals surface area (Å²) in [6.45, 7) is 9.91. The van der Waals surface area contributed by atoms with E-state index >= 15 is 0 Å². The number of hydrogen-bond donors (Lipinski definition) is 1. The minimum absolute atomic E-state index is 0.146. The third-order valence-electron chi connectivity index (χ3n) is 5.84. The minimum Gasteiger partial charge on any atom is -0.380 e. The van der Waals surface area contributed by atoms with Gasteiger partial charge in [0, 0.05) is 34.7 Å². The first-order chi connectivity index (χ1) is 14.0. The van der Waals surface area contributed by atoms with Crippen LogP contribution < -0.4 is 5.32 Å². The molecule has 0 bridgehead atoms. The van der Waals surface area contributed by atoms with E-state index in [0.29, 0.717) is 18.4 Å². The Labute approximate surface area is 185 Å². The molecular formula is C25H31Cl2NO. The summed E-state index contributed by atoms with van der Waals surface area (Å²) in [6, 6.07) is 16.9. The van der Waals surface area contributed by atoms with Crippen molar-refractivity contribution in [2.45, 2.75) is 44.7 Å². The van der Waals surface area contributed by atoms with Crippen molar-refractivity contribution in [3.8, 4) is 0 Å². The molecular weight excluding hydrogens is 401 g/mol. The number of rotatable bonds is 5. The molecule has 2 aromatic carbocycles. The molecule has 1 aliphatic rings. The molecule has 156 valence electrons. The van der Waals surface area contributed by atoms with Crippen molar-refractivity contribution >= 4 is 23.2 Å². The van der Waals surface area contributed by atoms with Crippen molar-refractivity contribution in [2.24, 2.45) is 11.8 Å². The van der Waals surface area contributed by atoms with Crippen LogP contribution in [0.5, 0.6) is 0 Å². The normalized spacial score (nSPS) is 25.8. The monoisotopic (exact) mass is 431 g/mol. The van der Waals surface area contributed by atoms with Gasteiger partial charge in [-0.05, 0) is 60.1 Å². The van der Waals surface area contributed by atoms with Gasteiger partial charge < -0.3 is 10.1 Å². The van der Waals surface area contributed by atoms with Crippen molar-refractivity contribution in [3.05, 3.63) is 82.4 Å². The second-order valence-corrected chi connectivity index (χ2v) is 9.24. The molecule has 0 aromatic heterocycles. The SMILES string of the molecule is C=CCC1COCC(C(C)C)NC(c2ccc(Cl)cc2)[C@@H](c2cccc(Cl)c2)C1. The molecule has 0 radical (unpaired) electrons. The van der Waals surface area contributed by atoms with E-state index in [0.717, 1.165) is 29.5 Å². The maximum Gasteiger partial charge on any atom is 0.0622 e. The number of hydrogen-bond acceptors (Lipinski definition) is 2. The van der Waals surface area contributed by atoms with E-state index in [-0.39, 0.29) is 18.0 Å². The van der Waals surface area contributed by atoms with Gasteiger partial charge in [0.25, 0.3) is 0 Å². The molecule has 0 spiro atoms. The molecule has 2 aromatic rings. The Balaban J connectivity index is 2.07. The highest BCUT2D eigenvalue weighted by Crippen LogP contribution is 2.39. The van der Waals surface area contributed by atoms with Gasteiger partial charge in [-0.1, -0.05) is 67.4 Å². The third-order valence-corrected chi connectivity index (χ3v) is 6.33. The quantitative estimate of drug-likeness (QED) is 0.512. The maximum absolute atomic E-state index is 6.38. The van der Waals surface area contributed by atoms with Crippen molar-refractivity contribution in [2.75, 3.05) is 13.2 Å². The standard InChI is InChI=1S/C25H31Cl2NO/c1-4-6-18-13-23(20-7-5-8-22(27)14-20)25(19-9-11-21(26)12-10-19)28-24(17(2)3)16-29-15-18/h4-5,7-12,14,17-18,23-25,28H,1,6,13,15-16H2,2-3H3/t18?,23-,24?,25?/m1/s1. The Bertz CT molecular complexity index is 790. The zero-order valence-electron chi connectivity index (χ0n) is 17.3. The van der Waals surface area contributed by atoms with E-state index in [1.54, 1.807) is 0 Å². The topological polar surface area (TPSA) is 21.3 Å². The smallest absolute Gasteiger partial charge is 0.0622 e. The Morgan fingerprint density at radius 1 is 1.07 bits per heavy atom. The molecule has 2 nitrogen and oxygen atoms in total. The fraction of sp³-hybridized carbons (Fsp3) is 0.440. The van der Waals surface area contributed by atoms with E-state index in [1.165, 1.54) is 11.1 Å². The van der Waals surface area contributed by atoms with Gasteiger partial charge in [0.05, 0.1) is 6.61 Å². The zero-order chi connectivity index (χ0) is 20.8. The fourth-order valence-electron chi connectivity index (χ4n) is 4.17. The van der Waals surface area contributed by atoms with Gasteiger partial charge in [-0.15, -0.1) is 6.58 Å². The van der Waals surface area contributed by atoms with Crippen LogP contribution in [-0.2, 0) is 4.74 Å². The second kappa shape index (κ2) is 10.6. The third kappa shape index (κ3) is 6.08. The van der Waals surface area contributed by atoms with Crippen LogP contribution in [0.2, 0.25) is 10.0 Å². The average Bonchev–Trinajstić information content (AvgIpc) is 2.78. The first-order valence-electron chi connectivity index (χ1n) is 10.4. The van der Waals surface area contributed by atoms with Crippen LogP contribution in [0.25, 0.3) is 0 Å². The number of allylic oxidation sites excluding steroid dienone is 1. The second-order valence-electron chi connectivity index (χ2n) is 8.37. The van der Waals surface area contributed by atoms with E-state index in [1.807, 2.05) is 30.3 Å². The molecule has 0 saturated carbocycles. The molecule has 3 unspecified atom stereocenters. The lowest BCUT2D eigenvalue weighted by Gasteiger charge is -2.34. The van der Waals surface area contributed by atoms with E-state index < -0.39 is 0 Å². The number of ether oxygens (including phenoxy) is 1. The highest BCUT2D eigenvalue weighted by molar-refractivity contribution is 6.30. The van der Waals surface area contributed by atoms with Gasteiger partial charge in [0.1, 0.15) is 0 Å². The Kier molecular flexibility index (Phi) is 8.20. The lowest BCUT2D eigenvalue weighted by Crippen LogP contribution is -2.41. The van der Waals surface area contributed by atoms with Crippen LogP contribution in [0.1, 0.15) is 49.8 Å². The molecule has 1 N–H and O–H groups in total. The number of benzene rings is 2. The molecule has 29 heavy (non-hydrogen) atoms. The van der Waals surface area contributed by atoms with E-state index in [2.05, 4.69) is 50.0 Å². The summed E-state index contributed by atoms with van der Waals surface area (Å²) >= 11 is 12.6. The van der Waals surface area contributed by atoms with Crippen LogP contribution in [-0.4, -0.2) is 19.3 Å². The first kappa shape index (κ1) is 22.4. The van der Waals surface area contributed by atoms with Crippen LogP contribution in [0.4, 0.5) is 0 Å². The van der Waals surface area contributed by atoms with Gasteiger partial charge in [0.15, 0.2) is 0 Å². The van der Waals surface area contributed by atoms with Gasteiger partial charge in [-0.3, -0.25) is 0 Å². The summed E-state index contributed by atoms with van der Waals surface area (Å²) in [6.07, 6.45) is 3.94. The molecule has 1 aliphatic heterocycles. The highest BCUT2D eigenvalue weighted by Gasteiger charge is 2.32. The van der Waals surface area contributed by atoms with Crippen molar-refractivity contribution in [1.29, 1.82) is 0 Å². The Morgan fingerprint density at radius 2 is 1.83 bits per heavy atom. The predicted molar refractivity (Wildman–Crippen MR) is 124 cm³/mol. The molecule has 0 amide bonds. The van der Waals surface area contributed by atoms with Crippen LogP contribution in [0.15, 0.2) is 61.2 Å². The van der Waals surface area contributed by atoms with Crippen molar-refractivity contribution in [1.82, 2.24) is 5.32 Å². The minimum atomic E-state index is 0.146. The number of halogens is 2. The number of nitrogens with one attached hydrogen (secondary N) is 1. The summed E-state index contributed by atoms with van der Waals surface area (Å²) in [5, 5.41) is 5.45. The Morgan fingerprint density at radius 3 is 2.48 bits per heavy atom. The molecule has 0 aliphatic carbocycles.